The summed E-state index contributed by atoms with van der Waals surface area (Å²) >= 11 is 0. The largest absolute Gasteiger partial charge is 0.513 e. The monoisotopic (exact) mass is 412 g/mol. The van der Waals surface area contributed by atoms with Crippen molar-refractivity contribution in [3.63, 3.8) is 0 Å². The number of rotatable bonds is 6. The van der Waals surface area contributed by atoms with Crippen molar-refractivity contribution in [1.29, 1.82) is 0 Å². The molecule has 0 amide bonds. The Morgan fingerprint density at radius 3 is 1.97 bits per heavy atom. The molecule has 1 aliphatic heterocycles. The summed E-state index contributed by atoms with van der Waals surface area (Å²) in [7, 11) is 0. The molecule has 0 spiro atoms. The van der Waals surface area contributed by atoms with Gasteiger partial charge in [0, 0.05) is 32.6 Å². The van der Waals surface area contributed by atoms with Gasteiger partial charge in [0.15, 0.2) is 0 Å². The Balaban J connectivity index is 0.00000240. The van der Waals surface area contributed by atoms with Crippen LogP contribution in [0.2, 0.25) is 0 Å². The van der Waals surface area contributed by atoms with Crippen LogP contribution in [-0.4, -0.2) is 47.6 Å². The minimum Gasteiger partial charge on any atom is -0.513 e. The molecule has 2 aliphatic rings. The van der Waals surface area contributed by atoms with Gasteiger partial charge in [0.2, 0.25) is 0 Å². The highest BCUT2D eigenvalue weighted by Crippen LogP contribution is 2.37. The van der Waals surface area contributed by atoms with E-state index in [0.29, 0.717) is 11.8 Å². The molecule has 2 aromatic rings. The summed E-state index contributed by atoms with van der Waals surface area (Å²) in [5.74, 6) is 0.315. The summed E-state index contributed by atoms with van der Waals surface area (Å²) in [4.78, 5) is 5.26. The summed E-state index contributed by atoms with van der Waals surface area (Å²) < 4.78 is 0. The lowest BCUT2D eigenvalue weighted by Crippen LogP contribution is -2.48. The topological polar surface area (TPSA) is 26.7 Å². The third kappa shape index (κ3) is 5.22. The third-order valence-corrected chi connectivity index (χ3v) is 6.32. The van der Waals surface area contributed by atoms with Gasteiger partial charge in [-0.1, -0.05) is 55.1 Å². The van der Waals surface area contributed by atoms with Crippen molar-refractivity contribution >= 4 is 12.4 Å². The van der Waals surface area contributed by atoms with Gasteiger partial charge >= 0.3 is 0 Å². The fraction of sp³-hybridized carbons (Fsp3) is 0.440. The highest BCUT2D eigenvalue weighted by Gasteiger charge is 2.30. The van der Waals surface area contributed by atoms with E-state index in [1.54, 1.807) is 0 Å². The third-order valence-electron chi connectivity index (χ3n) is 6.32. The highest BCUT2D eigenvalue weighted by molar-refractivity contribution is 5.85. The van der Waals surface area contributed by atoms with Gasteiger partial charge in [-0.3, -0.25) is 4.90 Å². The number of benzene rings is 2. The molecule has 29 heavy (non-hydrogen) atoms. The van der Waals surface area contributed by atoms with Crippen LogP contribution in [-0.2, 0) is 12.8 Å². The molecule has 1 heterocycles. The quantitative estimate of drug-likeness (QED) is 0.524. The Morgan fingerprint density at radius 2 is 1.41 bits per heavy atom. The zero-order chi connectivity index (χ0) is 19.3. The molecule has 0 radical (unpaired) electrons. The van der Waals surface area contributed by atoms with Crippen molar-refractivity contribution < 1.29 is 5.11 Å². The van der Waals surface area contributed by atoms with Crippen molar-refractivity contribution in [2.75, 3.05) is 32.7 Å². The van der Waals surface area contributed by atoms with Gasteiger partial charge in [-0.25, -0.2) is 0 Å². The maximum atomic E-state index is 9.24. The number of aryl methyl sites for hydroxylation is 2. The average Bonchev–Trinajstić information content (AvgIpc) is 2.89. The SMILES string of the molecule is C=C(O)CCCCN1CCN(C2c3ccccc3CCc3ccccc32)CC1.Cl. The number of aliphatic hydroxyl groups is 1. The van der Waals surface area contributed by atoms with Gasteiger partial charge in [0.05, 0.1) is 11.8 Å². The Kier molecular flexibility index (Phi) is 7.77. The molecule has 0 aromatic heterocycles. The van der Waals surface area contributed by atoms with Gasteiger partial charge < -0.3 is 10.0 Å². The molecule has 1 saturated heterocycles. The fourth-order valence-corrected chi connectivity index (χ4v) is 4.80. The van der Waals surface area contributed by atoms with Gasteiger partial charge in [-0.15, -0.1) is 12.4 Å². The lowest BCUT2D eigenvalue weighted by atomic mass is 9.92. The van der Waals surface area contributed by atoms with E-state index in [1.165, 1.54) is 22.3 Å². The van der Waals surface area contributed by atoms with E-state index in [4.69, 9.17) is 0 Å². The molecule has 156 valence electrons. The molecule has 0 saturated carbocycles. The zero-order valence-corrected chi connectivity index (χ0v) is 18.0. The van der Waals surface area contributed by atoms with E-state index < -0.39 is 0 Å². The van der Waals surface area contributed by atoms with E-state index >= 15 is 0 Å². The lowest BCUT2D eigenvalue weighted by molar-refractivity contribution is 0.108. The zero-order valence-electron chi connectivity index (χ0n) is 17.2. The van der Waals surface area contributed by atoms with Gasteiger partial charge in [0.25, 0.3) is 0 Å². The first-order chi connectivity index (χ1) is 13.7. The molecule has 1 fully saturated rings. The Bertz CT molecular complexity index is 766. The first-order valence-electron chi connectivity index (χ1n) is 10.7. The maximum absolute atomic E-state index is 9.24. The lowest BCUT2D eigenvalue weighted by Gasteiger charge is -2.40. The number of fused-ring (bicyclic) bond motifs is 2. The molecular weight excluding hydrogens is 380 g/mol. The van der Waals surface area contributed by atoms with Gasteiger partial charge in [-0.2, -0.15) is 0 Å². The minimum atomic E-state index is 0. The van der Waals surface area contributed by atoms with Crippen LogP contribution in [0.15, 0.2) is 60.9 Å². The summed E-state index contributed by atoms with van der Waals surface area (Å²) in [6.07, 6.45) is 5.17. The summed E-state index contributed by atoms with van der Waals surface area (Å²) in [5, 5.41) is 9.24. The highest BCUT2D eigenvalue weighted by atomic mass is 35.5. The molecule has 0 bridgehead atoms. The maximum Gasteiger partial charge on any atom is 0.0851 e. The smallest absolute Gasteiger partial charge is 0.0851 e. The average molecular weight is 413 g/mol. The Morgan fingerprint density at radius 1 is 0.862 bits per heavy atom. The molecule has 3 nitrogen and oxygen atoms in total. The molecular formula is C25H33ClN2O. The van der Waals surface area contributed by atoms with Crippen LogP contribution < -0.4 is 0 Å². The second kappa shape index (κ2) is 10.3. The summed E-state index contributed by atoms with van der Waals surface area (Å²) in [6, 6.07) is 18.5. The minimum absolute atomic E-state index is 0. The van der Waals surface area contributed by atoms with Crippen LogP contribution in [0.25, 0.3) is 0 Å². The predicted molar refractivity (Wildman–Crippen MR) is 123 cm³/mol. The second-order valence-corrected chi connectivity index (χ2v) is 8.20. The number of aliphatic hydroxyl groups excluding tert-OH is 1. The summed E-state index contributed by atoms with van der Waals surface area (Å²) in [6.45, 7) is 9.18. The van der Waals surface area contributed by atoms with Crippen LogP contribution in [0.1, 0.15) is 47.6 Å². The van der Waals surface area contributed by atoms with Crippen molar-refractivity contribution in [2.45, 2.75) is 38.1 Å². The molecule has 4 heteroatoms. The number of allylic oxidation sites excluding steroid dienone is 1. The number of hydrogen-bond donors (Lipinski definition) is 1. The van der Waals surface area contributed by atoms with Crippen LogP contribution in [0.3, 0.4) is 0 Å². The van der Waals surface area contributed by atoms with E-state index in [9.17, 15) is 5.11 Å². The fourth-order valence-electron chi connectivity index (χ4n) is 4.80. The number of halogens is 1. The van der Waals surface area contributed by atoms with Crippen LogP contribution >= 0.6 is 12.4 Å². The second-order valence-electron chi connectivity index (χ2n) is 8.20. The Labute approximate surface area is 181 Å². The van der Waals surface area contributed by atoms with Crippen molar-refractivity contribution in [2.24, 2.45) is 0 Å². The van der Waals surface area contributed by atoms with Crippen molar-refractivity contribution in [3.8, 4) is 0 Å². The van der Waals surface area contributed by atoms with Crippen LogP contribution in [0, 0.1) is 0 Å². The first-order valence-corrected chi connectivity index (χ1v) is 10.7. The van der Waals surface area contributed by atoms with Crippen LogP contribution in [0.4, 0.5) is 0 Å². The molecule has 0 unspecified atom stereocenters. The standard InChI is InChI=1S/C25H32N2O.ClH/c1-20(28)8-6-7-15-26-16-18-27(19-17-26)25-23-11-4-2-9-21(23)13-14-22-10-3-5-12-24(22)25;/h2-5,9-12,25,28H,1,6-8,13-19H2;1H. The van der Waals surface area contributed by atoms with E-state index in [-0.39, 0.29) is 12.4 Å². The van der Waals surface area contributed by atoms with E-state index in [1.807, 2.05) is 0 Å². The van der Waals surface area contributed by atoms with Crippen molar-refractivity contribution in [1.82, 2.24) is 9.80 Å². The normalized spacial score (nSPS) is 17.7. The first kappa shape index (κ1) is 21.9. The Hall–Kier alpha value is -1.81. The molecule has 2 aromatic carbocycles. The van der Waals surface area contributed by atoms with Crippen LogP contribution in [0.5, 0.6) is 0 Å². The van der Waals surface area contributed by atoms with Crippen molar-refractivity contribution in [3.05, 3.63) is 83.1 Å². The molecule has 0 atom stereocenters. The van der Waals surface area contributed by atoms with E-state index in [0.717, 1.165) is 64.8 Å². The molecule has 1 aliphatic carbocycles. The molecule has 4 rings (SSSR count). The molecule has 1 N–H and O–H groups in total. The number of hydrogen-bond acceptors (Lipinski definition) is 3. The van der Waals surface area contributed by atoms with Gasteiger partial charge in [0.1, 0.15) is 0 Å². The number of nitrogens with zero attached hydrogens (tertiary/aromatic N) is 2. The summed E-state index contributed by atoms with van der Waals surface area (Å²) in [5.41, 5.74) is 6.02. The number of unbranched alkanes of at least 4 members (excludes halogenated alkanes) is 1. The van der Waals surface area contributed by atoms with E-state index in [2.05, 4.69) is 64.9 Å². The predicted octanol–water partition coefficient (Wildman–Crippen LogP) is 5.16. The van der Waals surface area contributed by atoms with Gasteiger partial charge in [-0.05, 0) is 54.5 Å². The number of piperazine rings is 1.